The minimum Gasteiger partial charge on any atom is -0.493 e. The number of hydrogen-bond acceptors (Lipinski definition) is 4. The zero-order chi connectivity index (χ0) is 20.4. The van der Waals surface area contributed by atoms with E-state index in [-0.39, 0.29) is 24.7 Å². The monoisotopic (exact) mass is 384 g/mol. The maximum absolute atomic E-state index is 11.9. The first-order valence-electron chi connectivity index (χ1n) is 9.36. The Labute approximate surface area is 166 Å². The van der Waals surface area contributed by atoms with Gasteiger partial charge in [-0.1, -0.05) is 18.2 Å². The Morgan fingerprint density at radius 2 is 1.54 bits per heavy atom. The number of benzene rings is 2. The van der Waals surface area contributed by atoms with E-state index in [1.807, 2.05) is 36.4 Å². The molecule has 2 aromatic rings. The Morgan fingerprint density at radius 1 is 0.857 bits per heavy atom. The second-order valence-electron chi connectivity index (χ2n) is 6.46. The molecule has 0 heterocycles. The largest absolute Gasteiger partial charge is 0.493 e. The summed E-state index contributed by atoms with van der Waals surface area (Å²) in [5, 5.41) is 5.36. The molecular formula is C22H28N2O4. The Morgan fingerprint density at radius 3 is 2.21 bits per heavy atom. The van der Waals surface area contributed by atoms with Crippen molar-refractivity contribution in [3.8, 4) is 11.5 Å². The van der Waals surface area contributed by atoms with E-state index in [2.05, 4.69) is 16.7 Å². The molecule has 0 saturated carbocycles. The van der Waals surface area contributed by atoms with E-state index in [4.69, 9.17) is 9.47 Å². The topological polar surface area (TPSA) is 76.7 Å². The Bertz CT molecular complexity index is 805. The number of carbonyl (C=O) groups excluding carboxylic acids is 2. The molecule has 0 bridgehead atoms. The summed E-state index contributed by atoms with van der Waals surface area (Å²) in [6, 6.07) is 13.8. The molecule has 28 heavy (non-hydrogen) atoms. The van der Waals surface area contributed by atoms with Gasteiger partial charge in [0.15, 0.2) is 11.5 Å². The predicted octanol–water partition coefficient (Wildman–Crippen LogP) is 3.34. The first-order valence-corrected chi connectivity index (χ1v) is 9.36. The van der Waals surface area contributed by atoms with Crippen molar-refractivity contribution >= 4 is 17.5 Å². The van der Waals surface area contributed by atoms with Crippen molar-refractivity contribution < 1.29 is 19.1 Å². The lowest BCUT2D eigenvalue weighted by Crippen LogP contribution is -2.20. The molecule has 0 aliphatic heterocycles. The number of carbonyl (C=O) groups is 2. The molecule has 150 valence electrons. The molecule has 0 fully saturated rings. The quantitative estimate of drug-likeness (QED) is 0.659. The second-order valence-corrected chi connectivity index (χ2v) is 6.46. The molecular weight excluding hydrogens is 356 g/mol. The summed E-state index contributed by atoms with van der Waals surface area (Å²) in [6.07, 6.45) is 3.15. The van der Waals surface area contributed by atoms with Crippen LogP contribution in [0.25, 0.3) is 0 Å². The lowest BCUT2D eigenvalue weighted by Gasteiger charge is -2.10. The number of anilines is 1. The Balaban J connectivity index is 1.86. The van der Waals surface area contributed by atoms with Gasteiger partial charge in [0, 0.05) is 25.6 Å². The third-order valence-electron chi connectivity index (χ3n) is 4.45. The summed E-state index contributed by atoms with van der Waals surface area (Å²) in [6.45, 7) is 0. The molecule has 6 heteroatoms. The van der Waals surface area contributed by atoms with Gasteiger partial charge in [-0.25, -0.2) is 0 Å². The average molecular weight is 384 g/mol. The summed E-state index contributed by atoms with van der Waals surface area (Å²) in [4.78, 5) is 23.2. The lowest BCUT2D eigenvalue weighted by molar-refractivity contribution is -0.124. The van der Waals surface area contributed by atoms with Gasteiger partial charge in [0.25, 0.3) is 0 Å². The van der Waals surface area contributed by atoms with Crippen molar-refractivity contribution in [1.29, 1.82) is 0 Å². The zero-order valence-corrected chi connectivity index (χ0v) is 16.7. The highest BCUT2D eigenvalue weighted by atomic mass is 16.5. The van der Waals surface area contributed by atoms with Crippen molar-refractivity contribution in [3.05, 3.63) is 53.6 Å². The standard InChI is InChI=1S/C22H28N2O4/c1-23-21(25)12-13-22(26)24-18-9-5-8-16(14-18)6-4-7-17-10-11-19(27-2)20(15-17)28-3/h5,8-11,14-15H,4,6-7,12-13H2,1-3H3,(H,23,25)(H,24,26). The maximum Gasteiger partial charge on any atom is 0.224 e. The van der Waals surface area contributed by atoms with E-state index in [1.165, 1.54) is 5.56 Å². The highest BCUT2D eigenvalue weighted by molar-refractivity contribution is 5.93. The van der Waals surface area contributed by atoms with Crippen molar-refractivity contribution in [2.45, 2.75) is 32.1 Å². The van der Waals surface area contributed by atoms with Crippen LogP contribution in [0.1, 0.15) is 30.4 Å². The number of methoxy groups -OCH3 is 2. The molecule has 2 N–H and O–H groups in total. The van der Waals surface area contributed by atoms with Gasteiger partial charge in [-0.15, -0.1) is 0 Å². The summed E-state index contributed by atoms with van der Waals surface area (Å²) < 4.78 is 10.6. The molecule has 0 radical (unpaired) electrons. The highest BCUT2D eigenvalue weighted by Crippen LogP contribution is 2.28. The summed E-state index contributed by atoms with van der Waals surface area (Å²) in [5.74, 6) is 1.16. The van der Waals surface area contributed by atoms with Crippen LogP contribution >= 0.6 is 0 Å². The predicted molar refractivity (Wildman–Crippen MR) is 110 cm³/mol. The zero-order valence-electron chi connectivity index (χ0n) is 16.7. The SMILES string of the molecule is CNC(=O)CCC(=O)Nc1cccc(CCCc2ccc(OC)c(OC)c2)c1. The molecule has 2 aromatic carbocycles. The minimum absolute atomic E-state index is 0.140. The van der Waals surface area contributed by atoms with E-state index in [9.17, 15) is 9.59 Å². The van der Waals surface area contributed by atoms with E-state index in [1.54, 1.807) is 21.3 Å². The van der Waals surface area contributed by atoms with Gasteiger partial charge in [-0.2, -0.15) is 0 Å². The fourth-order valence-corrected chi connectivity index (χ4v) is 2.91. The minimum atomic E-state index is -0.161. The van der Waals surface area contributed by atoms with Crippen LogP contribution < -0.4 is 20.1 Å². The number of rotatable bonds is 10. The molecule has 0 aromatic heterocycles. The Kier molecular flexibility index (Phi) is 8.34. The first kappa shape index (κ1) is 21.3. The van der Waals surface area contributed by atoms with Crippen LogP contribution in [0.2, 0.25) is 0 Å². The van der Waals surface area contributed by atoms with E-state index < -0.39 is 0 Å². The van der Waals surface area contributed by atoms with E-state index in [0.717, 1.165) is 42.0 Å². The second kappa shape index (κ2) is 11.0. The van der Waals surface area contributed by atoms with Crippen molar-refractivity contribution in [1.82, 2.24) is 5.32 Å². The average Bonchev–Trinajstić information content (AvgIpc) is 2.72. The van der Waals surface area contributed by atoms with Crippen LogP contribution in [0, 0.1) is 0 Å². The van der Waals surface area contributed by atoms with Gasteiger partial charge in [0.2, 0.25) is 11.8 Å². The van der Waals surface area contributed by atoms with Crippen molar-refractivity contribution in [2.75, 3.05) is 26.6 Å². The van der Waals surface area contributed by atoms with Crippen LogP contribution in [0.3, 0.4) is 0 Å². The number of amides is 2. The molecule has 0 saturated heterocycles. The van der Waals surface area contributed by atoms with Gasteiger partial charge in [0.1, 0.15) is 0 Å². The van der Waals surface area contributed by atoms with Gasteiger partial charge in [0.05, 0.1) is 14.2 Å². The van der Waals surface area contributed by atoms with Crippen LogP contribution in [0.15, 0.2) is 42.5 Å². The Hall–Kier alpha value is -3.02. The smallest absolute Gasteiger partial charge is 0.224 e. The maximum atomic E-state index is 11.9. The number of hydrogen-bond donors (Lipinski definition) is 2. The number of aryl methyl sites for hydroxylation is 2. The fourth-order valence-electron chi connectivity index (χ4n) is 2.91. The summed E-state index contributed by atoms with van der Waals surface area (Å²) >= 11 is 0. The molecule has 0 unspecified atom stereocenters. The van der Waals surface area contributed by atoms with Gasteiger partial charge >= 0.3 is 0 Å². The fraction of sp³-hybridized carbons (Fsp3) is 0.364. The van der Waals surface area contributed by atoms with Gasteiger partial charge < -0.3 is 20.1 Å². The van der Waals surface area contributed by atoms with Crippen molar-refractivity contribution in [3.63, 3.8) is 0 Å². The molecule has 2 rings (SSSR count). The number of nitrogens with one attached hydrogen (secondary N) is 2. The van der Waals surface area contributed by atoms with Crippen LogP contribution in [-0.4, -0.2) is 33.1 Å². The third kappa shape index (κ3) is 6.61. The van der Waals surface area contributed by atoms with E-state index in [0.29, 0.717) is 0 Å². The van der Waals surface area contributed by atoms with Crippen LogP contribution in [0.4, 0.5) is 5.69 Å². The summed E-state index contributed by atoms with van der Waals surface area (Å²) in [7, 11) is 4.82. The number of ether oxygens (including phenoxy) is 2. The first-order chi connectivity index (χ1) is 13.5. The molecule has 6 nitrogen and oxygen atoms in total. The molecule has 0 atom stereocenters. The lowest BCUT2D eigenvalue weighted by atomic mass is 10.0. The summed E-state index contributed by atoms with van der Waals surface area (Å²) in [5.41, 5.74) is 3.10. The van der Waals surface area contributed by atoms with Crippen molar-refractivity contribution in [2.24, 2.45) is 0 Å². The van der Waals surface area contributed by atoms with Gasteiger partial charge in [-0.3, -0.25) is 9.59 Å². The molecule has 0 aliphatic rings. The third-order valence-corrected chi connectivity index (χ3v) is 4.45. The molecule has 0 spiro atoms. The molecule has 0 aliphatic carbocycles. The van der Waals surface area contributed by atoms with Gasteiger partial charge in [-0.05, 0) is 54.7 Å². The highest BCUT2D eigenvalue weighted by Gasteiger charge is 2.07. The van der Waals surface area contributed by atoms with E-state index >= 15 is 0 Å². The van der Waals surface area contributed by atoms with Crippen LogP contribution in [-0.2, 0) is 22.4 Å². The molecule has 2 amide bonds. The van der Waals surface area contributed by atoms with Crippen LogP contribution in [0.5, 0.6) is 11.5 Å². The normalized spacial score (nSPS) is 10.2.